The molecule has 0 spiro atoms. The molecule has 86 valence electrons. The van der Waals surface area contributed by atoms with Crippen molar-refractivity contribution in [2.45, 2.75) is 19.8 Å². The standard InChI is InChI=1S/C11H15N3O2/c1-3-10-9(2)8-14(12-10)16-11(15)13-6-4-5-7-13/h3,8H,1,4-7H2,2H3. The number of hydrogen-bond acceptors (Lipinski definition) is 3. The van der Waals surface area contributed by atoms with Crippen molar-refractivity contribution in [1.82, 2.24) is 14.8 Å². The Kier molecular flexibility index (Phi) is 2.94. The molecule has 5 nitrogen and oxygen atoms in total. The first-order valence-corrected chi connectivity index (χ1v) is 5.36. The Balaban J connectivity index is 2.02. The number of carbonyl (C=O) groups is 1. The van der Waals surface area contributed by atoms with Crippen LogP contribution in [0, 0.1) is 6.92 Å². The van der Waals surface area contributed by atoms with Crippen LogP contribution in [0.5, 0.6) is 0 Å². The molecule has 1 amide bonds. The van der Waals surface area contributed by atoms with Gasteiger partial charge in [0.15, 0.2) is 0 Å². The molecular weight excluding hydrogens is 206 g/mol. The van der Waals surface area contributed by atoms with Crippen molar-refractivity contribution in [3.63, 3.8) is 0 Å². The van der Waals surface area contributed by atoms with Crippen LogP contribution < -0.4 is 4.84 Å². The predicted octanol–water partition coefficient (Wildman–Crippen LogP) is 1.48. The Hall–Kier alpha value is -1.78. The fourth-order valence-electron chi connectivity index (χ4n) is 1.73. The Morgan fingerprint density at radius 2 is 2.25 bits per heavy atom. The van der Waals surface area contributed by atoms with Crippen molar-refractivity contribution < 1.29 is 9.63 Å². The zero-order chi connectivity index (χ0) is 11.5. The molecule has 16 heavy (non-hydrogen) atoms. The zero-order valence-electron chi connectivity index (χ0n) is 9.35. The van der Waals surface area contributed by atoms with E-state index in [9.17, 15) is 4.79 Å². The lowest BCUT2D eigenvalue weighted by Crippen LogP contribution is -2.35. The van der Waals surface area contributed by atoms with Gasteiger partial charge in [-0.2, -0.15) is 0 Å². The predicted molar refractivity (Wildman–Crippen MR) is 59.8 cm³/mol. The molecule has 2 rings (SSSR count). The van der Waals surface area contributed by atoms with Crippen LogP contribution >= 0.6 is 0 Å². The molecule has 0 atom stereocenters. The van der Waals surface area contributed by atoms with Gasteiger partial charge in [0.05, 0.1) is 11.9 Å². The van der Waals surface area contributed by atoms with Gasteiger partial charge >= 0.3 is 6.09 Å². The van der Waals surface area contributed by atoms with Crippen LogP contribution in [0.3, 0.4) is 0 Å². The number of aromatic nitrogens is 2. The second-order valence-electron chi connectivity index (χ2n) is 3.86. The van der Waals surface area contributed by atoms with E-state index in [1.165, 1.54) is 4.85 Å². The van der Waals surface area contributed by atoms with E-state index in [0.717, 1.165) is 37.2 Å². The number of rotatable bonds is 2. The molecule has 0 unspecified atom stereocenters. The summed E-state index contributed by atoms with van der Waals surface area (Å²) in [6, 6.07) is 0. The van der Waals surface area contributed by atoms with Crippen LogP contribution in [0.2, 0.25) is 0 Å². The third-order valence-electron chi connectivity index (χ3n) is 2.64. The Morgan fingerprint density at radius 1 is 1.56 bits per heavy atom. The number of amides is 1. The highest BCUT2D eigenvalue weighted by Gasteiger charge is 2.20. The largest absolute Gasteiger partial charge is 0.435 e. The molecule has 5 heteroatoms. The average Bonchev–Trinajstić information content (AvgIpc) is 2.87. The summed E-state index contributed by atoms with van der Waals surface area (Å²) in [4.78, 5) is 19.6. The van der Waals surface area contributed by atoms with Crippen molar-refractivity contribution in [1.29, 1.82) is 0 Å². The molecule has 0 N–H and O–H groups in total. The highest BCUT2D eigenvalue weighted by molar-refractivity contribution is 5.68. The summed E-state index contributed by atoms with van der Waals surface area (Å²) in [5.41, 5.74) is 1.67. The van der Waals surface area contributed by atoms with E-state index in [1.54, 1.807) is 17.2 Å². The highest BCUT2D eigenvalue weighted by atomic mass is 16.7. The molecule has 1 aliphatic heterocycles. The summed E-state index contributed by atoms with van der Waals surface area (Å²) in [6.07, 6.45) is 5.06. The second kappa shape index (κ2) is 4.38. The highest BCUT2D eigenvalue weighted by Crippen LogP contribution is 2.09. The molecule has 1 saturated heterocycles. The summed E-state index contributed by atoms with van der Waals surface area (Å²) in [5, 5.41) is 4.07. The maximum absolute atomic E-state index is 11.6. The van der Waals surface area contributed by atoms with E-state index >= 15 is 0 Å². The van der Waals surface area contributed by atoms with Crippen molar-refractivity contribution >= 4 is 12.2 Å². The number of nitrogens with zero attached hydrogens (tertiary/aromatic N) is 3. The molecule has 1 fully saturated rings. The monoisotopic (exact) mass is 221 g/mol. The molecular formula is C11H15N3O2. The Labute approximate surface area is 94.3 Å². The summed E-state index contributed by atoms with van der Waals surface area (Å²) in [5.74, 6) is 0. The minimum atomic E-state index is -0.337. The summed E-state index contributed by atoms with van der Waals surface area (Å²) >= 11 is 0. The quantitative estimate of drug-likeness (QED) is 0.760. The zero-order valence-corrected chi connectivity index (χ0v) is 9.35. The van der Waals surface area contributed by atoms with E-state index in [2.05, 4.69) is 11.7 Å². The van der Waals surface area contributed by atoms with Crippen LogP contribution in [0.4, 0.5) is 4.79 Å². The van der Waals surface area contributed by atoms with Crippen LogP contribution in [0.1, 0.15) is 24.1 Å². The topological polar surface area (TPSA) is 47.4 Å². The number of hydrogen-bond donors (Lipinski definition) is 0. The molecule has 0 aromatic carbocycles. The SMILES string of the molecule is C=Cc1nn(OC(=O)N2CCCC2)cc1C. The van der Waals surface area contributed by atoms with Crippen molar-refractivity contribution in [3.8, 4) is 0 Å². The maximum atomic E-state index is 11.6. The first-order valence-electron chi connectivity index (χ1n) is 5.36. The van der Waals surface area contributed by atoms with Crippen molar-refractivity contribution in [2.24, 2.45) is 0 Å². The number of carbonyl (C=O) groups excluding carboxylic acids is 1. The van der Waals surface area contributed by atoms with Gasteiger partial charge in [-0.15, -0.1) is 5.10 Å². The molecule has 2 heterocycles. The van der Waals surface area contributed by atoms with Gasteiger partial charge in [0.2, 0.25) is 0 Å². The third kappa shape index (κ3) is 2.08. The summed E-state index contributed by atoms with van der Waals surface area (Å²) in [6.45, 7) is 7.07. The minimum absolute atomic E-state index is 0.337. The van der Waals surface area contributed by atoms with Gasteiger partial charge in [0.1, 0.15) is 0 Å². The first-order chi connectivity index (χ1) is 7.70. The van der Waals surface area contributed by atoms with Crippen LogP contribution in [0.15, 0.2) is 12.8 Å². The maximum Gasteiger partial charge on any atom is 0.435 e. The third-order valence-corrected chi connectivity index (χ3v) is 2.64. The Morgan fingerprint density at radius 3 is 2.81 bits per heavy atom. The van der Waals surface area contributed by atoms with Gasteiger partial charge in [0.25, 0.3) is 0 Å². The van der Waals surface area contributed by atoms with Gasteiger partial charge in [-0.3, -0.25) is 4.84 Å². The van der Waals surface area contributed by atoms with Crippen LogP contribution in [0.25, 0.3) is 6.08 Å². The normalized spacial score (nSPS) is 15.2. The van der Waals surface area contributed by atoms with Crippen LogP contribution in [-0.2, 0) is 0 Å². The number of aryl methyl sites for hydroxylation is 1. The van der Waals surface area contributed by atoms with E-state index in [4.69, 9.17) is 4.84 Å². The number of likely N-dealkylation sites (tertiary alicyclic amines) is 1. The van der Waals surface area contributed by atoms with Gasteiger partial charge in [-0.1, -0.05) is 11.4 Å². The summed E-state index contributed by atoms with van der Waals surface area (Å²) in [7, 11) is 0. The smallest absolute Gasteiger partial charge is 0.306 e. The Bertz CT molecular complexity index is 405. The first kappa shape index (κ1) is 10.7. The van der Waals surface area contributed by atoms with Gasteiger partial charge < -0.3 is 4.90 Å². The van der Waals surface area contributed by atoms with Crippen LogP contribution in [-0.4, -0.2) is 34.0 Å². The molecule has 1 aromatic rings. The van der Waals surface area contributed by atoms with Gasteiger partial charge in [-0.05, 0) is 31.4 Å². The van der Waals surface area contributed by atoms with E-state index in [1.807, 2.05) is 6.92 Å². The molecule has 0 saturated carbocycles. The fourth-order valence-corrected chi connectivity index (χ4v) is 1.73. The van der Waals surface area contributed by atoms with E-state index < -0.39 is 0 Å². The lowest BCUT2D eigenvalue weighted by Gasteiger charge is -2.13. The van der Waals surface area contributed by atoms with Crippen molar-refractivity contribution in [3.05, 3.63) is 24.0 Å². The van der Waals surface area contributed by atoms with Crippen molar-refractivity contribution in [2.75, 3.05) is 13.1 Å². The molecule has 0 aliphatic carbocycles. The molecule has 1 aliphatic rings. The molecule has 1 aromatic heterocycles. The second-order valence-corrected chi connectivity index (χ2v) is 3.86. The lowest BCUT2D eigenvalue weighted by atomic mass is 10.3. The van der Waals surface area contributed by atoms with Gasteiger partial charge in [0, 0.05) is 13.1 Å². The van der Waals surface area contributed by atoms with Gasteiger partial charge in [-0.25, -0.2) is 4.79 Å². The lowest BCUT2D eigenvalue weighted by molar-refractivity contribution is 0.0852. The molecule has 0 radical (unpaired) electrons. The fraction of sp³-hybridized carbons (Fsp3) is 0.455. The molecule has 0 bridgehead atoms. The minimum Gasteiger partial charge on any atom is -0.306 e. The average molecular weight is 221 g/mol. The van der Waals surface area contributed by atoms with E-state index in [0.29, 0.717) is 0 Å². The summed E-state index contributed by atoms with van der Waals surface area (Å²) < 4.78 is 0. The van der Waals surface area contributed by atoms with E-state index in [-0.39, 0.29) is 6.09 Å².